The second kappa shape index (κ2) is 7.86. The smallest absolute Gasteiger partial charge is 0.161 e. The van der Waals surface area contributed by atoms with Gasteiger partial charge in [0.05, 0.1) is 6.10 Å². The largest absolute Gasteiger partial charge is 0.349 e. The van der Waals surface area contributed by atoms with Crippen molar-refractivity contribution in [3.63, 3.8) is 0 Å². The molecule has 0 amide bonds. The van der Waals surface area contributed by atoms with Crippen LogP contribution >= 0.6 is 0 Å². The molecule has 1 aliphatic carbocycles. The van der Waals surface area contributed by atoms with Gasteiger partial charge in [-0.05, 0) is 48.9 Å². The summed E-state index contributed by atoms with van der Waals surface area (Å²) >= 11 is 0. The maximum absolute atomic E-state index is 12.0. The van der Waals surface area contributed by atoms with E-state index in [2.05, 4.69) is 48.5 Å². The van der Waals surface area contributed by atoms with Gasteiger partial charge in [0.25, 0.3) is 0 Å². The third-order valence-electron chi connectivity index (χ3n) is 7.45. The third-order valence-corrected chi connectivity index (χ3v) is 7.45. The van der Waals surface area contributed by atoms with Crippen molar-refractivity contribution in [3.8, 4) is 0 Å². The fraction of sp³-hybridized carbons (Fsp3) is 0.952. The lowest BCUT2D eigenvalue weighted by molar-refractivity contribution is -0.277. The van der Waals surface area contributed by atoms with Crippen molar-refractivity contribution in [2.45, 2.75) is 86.7 Å². The van der Waals surface area contributed by atoms with E-state index in [4.69, 9.17) is 9.47 Å². The summed E-state index contributed by atoms with van der Waals surface area (Å²) in [6.07, 6.45) is 2.04. The summed E-state index contributed by atoms with van der Waals surface area (Å²) in [6, 6.07) is 0. The van der Waals surface area contributed by atoms with Gasteiger partial charge in [-0.15, -0.1) is 0 Å². The predicted octanol–water partition coefficient (Wildman–Crippen LogP) is 4.93. The molecule has 1 saturated carbocycles. The zero-order chi connectivity index (χ0) is 18.2. The Hall–Kier alpha value is -0.410. The average Bonchev–Trinajstić information content (AvgIpc) is 2.54. The van der Waals surface area contributed by atoms with Gasteiger partial charge in [-0.25, -0.2) is 0 Å². The normalized spacial score (nSPS) is 49.8. The molecule has 0 spiro atoms. The molecule has 0 bridgehead atoms. The van der Waals surface area contributed by atoms with Crippen molar-refractivity contribution in [1.82, 2.24) is 0 Å². The Balaban J connectivity index is 2.16. The number of ether oxygens (including phenoxy) is 2. The molecule has 1 heterocycles. The SMILES string of the molecule is CCC1CC(C)C(C)[C@@H](C)[C@H]1O[C@@H]1OC(C(C)=O)[C@H](C)[C@@H](C)C1C. The van der Waals surface area contributed by atoms with Crippen molar-refractivity contribution >= 4 is 5.78 Å². The Bertz CT molecular complexity index is 433. The first kappa shape index (κ1) is 19.9. The number of rotatable bonds is 4. The van der Waals surface area contributed by atoms with Crippen LogP contribution in [0, 0.1) is 41.4 Å². The fourth-order valence-electron chi connectivity index (χ4n) is 4.88. The molecule has 140 valence electrons. The highest BCUT2D eigenvalue weighted by Gasteiger charge is 2.45. The highest BCUT2D eigenvalue weighted by atomic mass is 16.7. The molecule has 0 aromatic carbocycles. The number of Topliss-reactive ketones (excluding diaryl/α,β-unsaturated/α-hetero) is 1. The number of hydrogen-bond donors (Lipinski definition) is 0. The molecule has 2 aliphatic rings. The van der Waals surface area contributed by atoms with Crippen molar-refractivity contribution in [2.24, 2.45) is 41.4 Å². The topological polar surface area (TPSA) is 35.5 Å². The number of carbonyl (C=O) groups excluding carboxylic acids is 1. The highest BCUT2D eigenvalue weighted by Crippen LogP contribution is 2.44. The molecule has 3 nitrogen and oxygen atoms in total. The van der Waals surface area contributed by atoms with Gasteiger partial charge in [-0.1, -0.05) is 54.9 Å². The van der Waals surface area contributed by atoms with Gasteiger partial charge in [-0.2, -0.15) is 0 Å². The van der Waals surface area contributed by atoms with Gasteiger partial charge < -0.3 is 9.47 Å². The first-order valence-corrected chi connectivity index (χ1v) is 10.00. The maximum Gasteiger partial charge on any atom is 0.161 e. The first-order valence-electron chi connectivity index (χ1n) is 10.00. The molecule has 24 heavy (non-hydrogen) atoms. The Kier molecular flexibility index (Phi) is 6.52. The second-order valence-electron chi connectivity index (χ2n) is 8.81. The Morgan fingerprint density at radius 2 is 1.58 bits per heavy atom. The van der Waals surface area contributed by atoms with E-state index in [9.17, 15) is 4.79 Å². The molecular formula is C21H38O3. The van der Waals surface area contributed by atoms with Gasteiger partial charge in [-0.3, -0.25) is 4.79 Å². The van der Waals surface area contributed by atoms with Crippen molar-refractivity contribution in [1.29, 1.82) is 0 Å². The zero-order valence-corrected chi connectivity index (χ0v) is 16.9. The molecule has 0 N–H and O–H groups in total. The van der Waals surface area contributed by atoms with E-state index in [0.717, 1.165) is 12.3 Å². The van der Waals surface area contributed by atoms with E-state index >= 15 is 0 Å². The minimum Gasteiger partial charge on any atom is -0.349 e. The molecule has 3 heteroatoms. The summed E-state index contributed by atoms with van der Waals surface area (Å²) < 4.78 is 12.8. The Labute approximate surface area is 148 Å². The van der Waals surface area contributed by atoms with Crippen LogP contribution in [0.4, 0.5) is 0 Å². The lowest BCUT2D eigenvalue weighted by Crippen LogP contribution is -2.52. The summed E-state index contributed by atoms with van der Waals surface area (Å²) in [6.45, 7) is 17.5. The van der Waals surface area contributed by atoms with E-state index in [-0.39, 0.29) is 30.2 Å². The van der Waals surface area contributed by atoms with Gasteiger partial charge in [0, 0.05) is 5.92 Å². The summed E-state index contributed by atoms with van der Waals surface area (Å²) in [5.74, 6) is 3.65. The third kappa shape index (κ3) is 3.72. The monoisotopic (exact) mass is 338 g/mol. The van der Waals surface area contributed by atoms with Crippen LogP contribution in [0.5, 0.6) is 0 Å². The van der Waals surface area contributed by atoms with Gasteiger partial charge in [0.1, 0.15) is 6.10 Å². The van der Waals surface area contributed by atoms with Crippen LogP contribution in [0.2, 0.25) is 0 Å². The highest BCUT2D eigenvalue weighted by molar-refractivity contribution is 5.80. The molecule has 2 rings (SSSR count). The fourth-order valence-corrected chi connectivity index (χ4v) is 4.88. The van der Waals surface area contributed by atoms with Crippen LogP contribution in [0.1, 0.15) is 68.2 Å². The van der Waals surface area contributed by atoms with Crippen molar-refractivity contribution in [3.05, 3.63) is 0 Å². The standard InChI is InChI=1S/C21H38O3/c1-9-18-10-11(2)12(3)14(5)20(18)24-21-16(7)13(4)15(6)19(23-21)17(8)22/h11-16,18-21H,9-10H2,1-8H3/t11?,12?,13-,14-,15-,16?,18?,19?,20-,21+/m1/s1. The lowest BCUT2D eigenvalue weighted by Gasteiger charge is -2.48. The molecule has 0 aromatic rings. The minimum absolute atomic E-state index is 0.126. The van der Waals surface area contributed by atoms with Crippen LogP contribution in [0.3, 0.4) is 0 Å². The van der Waals surface area contributed by atoms with E-state index in [0.29, 0.717) is 29.6 Å². The van der Waals surface area contributed by atoms with E-state index in [1.165, 1.54) is 6.42 Å². The zero-order valence-electron chi connectivity index (χ0n) is 16.9. The summed E-state index contributed by atoms with van der Waals surface area (Å²) in [4.78, 5) is 12.0. The molecule has 10 atom stereocenters. The second-order valence-corrected chi connectivity index (χ2v) is 8.81. The minimum atomic E-state index is -0.323. The summed E-state index contributed by atoms with van der Waals surface area (Å²) in [5, 5.41) is 0. The average molecular weight is 339 g/mol. The van der Waals surface area contributed by atoms with Crippen molar-refractivity contribution < 1.29 is 14.3 Å². The Morgan fingerprint density at radius 1 is 0.958 bits per heavy atom. The molecule has 0 aromatic heterocycles. The lowest BCUT2D eigenvalue weighted by atomic mass is 9.67. The summed E-state index contributed by atoms with van der Waals surface area (Å²) in [5.41, 5.74) is 0. The van der Waals surface area contributed by atoms with E-state index in [1.54, 1.807) is 6.92 Å². The maximum atomic E-state index is 12.0. The van der Waals surface area contributed by atoms with Crippen LogP contribution in [-0.2, 0) is 14.3 Å². The molecule has 0 radical (unpaired) electrons. The molecular weight excluding hydrogens is 300 g/mol. The van der Waals surface area contributed by atoms with Crippen LogP contribution in [0.15, 0.2) is 0 Å². The van der Waals surface area contributed by atoms with Gasteiger partial charge >= 0.3 is 0 Å². The van der Waals surface area contributed by atoms with Crippen LogP contribution in [0.25, 0.3) is 0 Å². The quantitative estimate of drug-likeness (QED) is 0.729. The number of hydrogen-bond acceptors (Lipinski definition) is 3. The molecule has 5 unspecified atom stereocenters. The van der Waals surface area contributed by atoms with E-state index in [1.807, 2.05) is 0 Å². The predicted molar refractivity (Wildman–Crippen MR) is 97.6 cm³/mol. The Morgan fingerprint density at radius 3 is 2.12 bits per heavy atom. The molecule has 2 fully saturated rings. The van der Waals surface area contributed by atoms with E-state index < -0.39 is 0 Å². The first-order chi connectivity index (χ1) is 11.2. The van der Waals surface area contributed by atoms with Gasteiger partial charge in [0.15, 0.2) is 12.1 Å². The van der Waals surface area contributed by atoms with Crippen LogP contribution in [-0.4, -0.2) is 24.3 Å². The van der Waals surface area contributed by atoms with Crippen LogP contribution < -0.4 is 0 Å². The molecule has 1 aliphatic heterocycles. The van der Waals surface area contributed by atoms with Crippen molar-refractivity contribution in [2.75, 3.05) is 0 Å². The number of ketones is 1. The molecule has 1 saturated heterocycles. The number of carbonyl (C=O) groups is 1. The van der Waals surface area contributed by atoms with Gasteiger partial charge in [0.2, 0.25) is 0 Å². The summed E-state index contributed by atoms with van der Waals surface area (Å²) in [7, 11) is 0.